The summed E-state index contributed by atoms with van der Waals surface area (Å²) in [7, 11) is 0. The molecule has 0 atom stereocenters. The minimum atomic E-state index is -4.51. The Hall–Kier alpha value is -2.09. The second kappa shape index (κ2) is 6.57. The lowest BCUT2D eigenvalue weighted by Crippen LogP contribution is -2.34. The van der Waals surface area contributed by atoms with Crippen LogP contribution in [0.2, 0.25) is 5.15 Å². The van der Waals surface area contributed by atoms with E-state index in [2.05, 4.69) is 5.10 Å². The van der Waals surface area contributed by atoms with Crippen molar-refractivity contribution in [2.24, 2.45) is 0 Å². The highest BCUT2D eigenvalue weighted by molar-refractivity contribution is 6.33. The van der Waals surface area contributed by atoms with Gasteiger partial charge in [-0.2, -0.15) is 18.3 Å². The quantitative estimate of drug-likeness (QED) is 0.861. The zero-order valence-electron chi connectivity index (χ0n) is 11.9. The number of rotatable bonds is 4. The molecule has 4 nitrogen and oxygen atoms in total. The van der Waals surface area contributed by atoms with Gasteiger partial charge in [0.15, 0.2) is 0 Å². The third-order valence-corrected chi connectivity index (χ3v) is 3.37. The topological polar surface area (TPSA) is 46.9 Å². The minimum Gasteiger partial charge on any atom is -0.343 e. The van der Waals surface area contributed by atoms with Crippen molar-refractivity contribution in [2.45, 2.75) is 19.6 Å². The molecule has 0 bridgehead atoms. The lowest BCUT2D eigenvalue weighted by Gasteiger charge is -2.08. The van der Waals surface area contributed by atoms with Crippen molar-refractivity contribution in [3.63, 3.8) is 0 Å². The van der Waals surface area contributed by atoms with Gasteiger partial charge in [0.25, 0.3) is 5.91 Å². The molecule has 0 spiro atoms. The number of aryl methyl sites for hydroxylation is 1. The minimum absolute atomic E-state index is 0.0773. The van der Waals surface area contributed by atoms with Gasteiger partial charge in [-0.05, 0) is 24.6 Å². The molecule has 1 aromatic carbocycles. The molecule has 1 aromatic heterocycles. The summed E-state index contributed by atoms with van der Waals surface area (Å²) >= 11 is 6.04. The molecule has 124 valence electrons. The van der Waals surface area contributed by atoms with Crippen LogP contribution in [0.5, 0.6) is 0 Å². The van der Waals surface area contributed by atoms with E-state index in [1.165, 1.54) is 35.9 Å². The van der Waals surface area contributed by atoms with Gasteiger partial charge in [0.1, 0.15) is 17.5 Å². The van der Waals surface area contributed by atoms with Gasteiger partial charge in [0.2, 0.25) is 0 Å². The molecule has 1 amide bonds. The summed E-state index contributed by atoms with van der Waals surface area (Å²) in [6.07, 6.45) is -4.51. The van der Waals surface area contributed by atoms with Gasteiger partial charge in [-0.25, -0.2) is 9.07 Å². The first kappa shape index (κ1) is 17.3. The van der Waals surface area contributed by atoms with Gasteiger partial charge in [0.05, 0.1) is 17.8 Å². The number of hydrogen-bond acceptors (Lipinski definition) is 2. The number of aromatic nitrogens is 2. The Morgan fingerprint density at radius 2 is 1.91 bits per heavy atom. The fraction of sp³-hybridized carbons (Fsp3) is 0.286. The number of halogens is 5. The van der Waals surface area contributed by atoms with E-state index in [0.29, 0.717) is 5.56 Å². The molecule has 0 aliphatic carbocycles. The average molecular weight is 350 g/mol. The van der Waals surface area contributed by atoms with Crippen molar-refractivity contribution in [3.8, 4) is 0 Å². The molecule has 1 heterocycles. The van der Waals surface area contributed by atoms with Crippen LogP contribution in [0.3, 0.4) is 0 Å². The summed E-state index contributed by atoms with van der Waals surface area (Å²) in [5.74, 6) is -1.35. The zero-order valence-corrected chi connectivity index (χ0v) is 12.7. The first-order valence-corrected chi connectivity index (χ1v) is 6.87. The van der Waals surface area contributed by atoms with Gasteiger partial charge in [-0.1, -0.05) is 23.7 Å². The summed E-state index contributed by atoms with van der Waals surface area (Å²) in [5.41, 5.74) is 0.771. The number of benzene rings is 1. The first-order valence-electron chi connectivity index (χ1n) is 6.49. The van der Waals surface area contributed by atoms with Crippen molar-refractivity contribution in [2.75, 3.05) is 6.54 Å². The maximum atomic E-state index is 12.9. The second-order valence-electron chi connectivity index (χ2n) is 4.83. The molecular weight excluding hydrogens is 338 g/mol. The molecule has 2 rings (SSSR count). The monoisotopic (exact) mass is 349 g/mol. The van der Waals surface area contributed by atoms with E-state index in [1.807, 2.05) is 0 Å². The van der Waals surface area contributed by atoms with Gasteiger partial charge >= 0.3 is 6.18 Å². The first-order chi connectivity index (χ1) is 10.7. The molecule has 0 radical (unpaired) electrons. The van der Waals surface area contributed by atoms with Crippen LogP contribution in [-0.4, -0.2) is 28.4 Å². The standard InChI is InChI=1S/C14H12ClF4N3O/c1-8-11(13(23)20-7-14(17,18)19)12(15)22(21-8)6-9-2-4-10(16)5-3-9/h2-5H,6-7H2,1H3,(H,20,23). The number of alkyl halides is 3. The predicted octanol–water partition coefficient (Wildman–Crippen LogP) is 3.32. The van der Waals surface area contributed by atoms with Crippen LogP contribution in [-0.2, 0) is 6.54 Å². The third-order valence-electron chi connectivity index (χ3n) is 2.99. The zero-order chi connectivity index (χ0) is 17.2. The van der Waals surface area contributed by atoms with Crippen molar-refractivity contribution < 1.29 is 22.4 Å². The van der Waals surface area contributed by atoms with Crippen LogP contribution < -0.4 is 5.32 Å². The average Bonchev–Trinajstić information content (AvgIpc) is 2.73. The van der Waals surface area contributed by atoms with E-state index < -0.39 is 24.4 Å². The molecule has 0 fully saturated rings. The summed E-state index contributed by atoms with van der Waals surface area (Å²) in [5, 5.41) is 5.72. The number of nitrogens with one attached hydrogen (secondary N) is 1. The van der Waals surface area contributed by atoms with Crippen LogP contribution in [0.25, 0.3) is 0 Å². The summed E-state index contributed by atoms with van der Waals surface area (Å²) in [6.45, 7) is 0.173. The van der Waals surface area contributed by atoms with Crippen LogP contribution in [0, 0.1) is 12.7 Å². The number of carbonyl (C=O) groups is 1. The normalized spacial score (nSPS) is 11.6. The van der Waals surface area contributed by atoms with Gasteiger partial charge in [-0.15, -0.1) is 0 Å². The lowest BCUT2D eigenvalue weighted by molar-refractivity contribution is -0.123. The largest absolute Gasteiger partial charge is 0.405 e. The highest BCUT2D eigenvalue weighted by Crippen LogP contribution is 2.21. The van der Waals surface area contributed by atoms with Crippen LogP contribution in [0.1, 0.15) is 21.6 Å². The van der Waals surface area contributed by atoms with Gasteiger partial charge in [-0.3, -0.25) is 4.79 Å². The molecule has 0 saturated heterocycles. The van der Waals surface area contributed by atoms with E-state index in [4.69, 9.17) is 11.6 Å². The van der Waals surface area contributed by atoms with E-state index >= 15 is 0 Å². The lowest BCUT2D eigenvalue weighted by atomic mass is 10.2. The molecule has 23 heavy (non-hydrogen) atoms. The van der Waals surface area contributed by atoms with Crippen molar-refractivity contribution in [1.82, 2.24) is 15.1 Å². The van der Waals surface area contributed by atoms with Crippen molar-refractivity contribution in [1.29, 1.82) is 0 Å². The number of nitrogens with zero attached hydrogens (tertiary/aromatic N) is 2. The van der Waals surface area contributed by atoms with Gasteiger partial charge in [0, 0.05) is 0 Å². The molecule has 9 heteroatoms. The van der Waals surface area contributed by atoms with Crippen LogP contribution >= 0.6 is 11.6 Å². The summed E-state index contributed by atoms with van der Waals surface area (Å²) in [4.78, 5) is 11.8. The molecule has 0 aliphatic rings. The molecule has 1 N–H and O–H groups in total. The van der Waals surface area contributed by atoms with Crippen LogP contribution in [0.15, 0.2) is 24.3 Å². The molecule has 2 aromatic rings. The SMILES string of the molecule is Cc1nn(Cc2ccc(F)cc2)c(Cl)c1C(=O)NCC(F)(F)F. The second-order valence-corrected chi connectivity index (χ2v) is 5.19. The van der Waals surface area contributed by atoms with E-state index in [1.54, 1.807) is 5.32 Å². The number of amides is 1. The van der Waals surface area contributed by atoms with Gasteiger partial charge < -0.3 is 5.32 Å². The van der Waals surface area contributed by atoms with Crippen molar-refractivity contribution >= 4 is 17.5 Å². The van der Waals surface area contributed by atoms with E-state index in [-0.39, 0.29) is 23.0 Å². The van der Waals surface area contributed by atoms with Crippen molar-refractivity contribution in [3.05, 3.63) is 52.1 Å². The number of carbonyl (C=O) groups excluding carboxylic acids is 1. The Bertz CT molecular complexity index is 710. The Morgan fingerprint density at radius 1 is 1.30 bits per heavy atom. The predicted molar refractivity (Wildman–Crippen MR) is 75.9 cm³/mol. The number of hydrogen-bond donors (Lipinski definition) is 1. The highest BCUT2D eigenvalue weighted by Gasteiger charge is 2.29. The molecule has 0 saturated carbocycles. The Morgan fingerprint density at radius 3 is 2.48 bits per heavy atom. The fourth-order valence-corrected chi connectivity index (χ4v) is 2.27. The highest BCUT2D eigenvalue weighted by atomic mass is 35.5. The summed E-state index contributed by atoms with van der Waals surface area (Å²) < 4.78 is 50.6. The molecule has 0 unspecified atom stereocenters. The van der Waals surface area contributed by atoms with E-state index in [9.17, 15) is 22.4 Å². The third kappa shape index (κ3) is 4.44. The molecule has 0 aliphatic heterocycles. The Kier molecular flexibility index (Phi) is 4.93. The smallest absolute Gasteiger partial charge is 0.343 e. The van der Waals surface area contributed by atoms with E-state index in [0.717, 1.165) is 0 Å². The fourth-order valence-electron chi connectivity index (χ4n) is 1.95. The molecular formula is C14H12ClF4N3O. The summed E-state index contributed by atoms with van der Waals surface area (Å²) in [6, 6.07) is 5.56. The maximum Gasteiger partial charge on any atom is 0.405 e. The van der Waals surface area contributed by atoms with Crippen LogP contribution in [0.4, 0.5) is 17.6 Å². The maximum absolute atomic E-state index is 12.9. The Balaban J connectivity index is 2.18. The Labute approximate surface area is 134 Å².